The first-order valence-electron chi connectivity index (χ1n) is 10.4. The molecular weight excluding hydrogens is 501 g/mol. The van der Waals surface area contributed by atoms with E-state index in [9.17, 15) is 0 Å². The number of likely N-dealkylation sites (N-methyl/N-ethyl adjacent to an activating group) is 1. The lowest BCUT2D eigenvalue weighted by molar-refractivity contribution is 0.259. The molecule has 0 aliphatic carbocycles. The van der Waals surface area contributed by atoms with E-state index < -0.39 is 0 Å². The fourth-order valence-electron chi connectivity index (χ4n) is 3.35. The summed E-state index contributed by atoms with van der Waals surface area (Å²) in [6.45, 7) is 5.13. The molecule has 1 aromatic heterocycles. The van der Waals surface area contributed by atoms with Crippen LogP contribution in [0.1, 0.15) is 16.7 Å². The number of halogens is 1. The summed E-state index contributed by atoms with van der Waals surface area (Å²) in [6.07, 6.45) is 3.03. The molecule has 1 heterocycles. The zero-order chi connectivity index (χ0) is 21.3. The van der Waals surface area contributed by atoms with Gasteiger partial charge >= 0.3 is 0 Å². The summed E-state index contributed by atoms with van der Waals surface area (Å²) < 4.78 is 5.95. The molecular formula is C24H34IN5O. The van der Waals surface area contributed by atoms with Crippen molar-refractivity contribution in [1.29, 1.82) is 0 Å². The Labute approximate surface area is 202 Å². The van der Waals surface area contributed by atoms with E-state index >= 15 is 0 Å². The highest BCUT2D eigenvalue weighted by molar-refractivity contribution is 14.0. The molecule has 0 spiro atoms. The number of nitrogens with one attached hydrogen (secondary N) is 3. The fourth-order valence-corrected chi connectivity index (χ4v) is 3.35. The summed E-state index contributed by atoms with van der Waals surface area (Å²) in [4.78, 5) is 9.83. The van der Waals surface area contributed by atoms with Crippen molar-refractivity contribution < 1.29 is 4.74 Å². The summed E-state index contributed by atoms with van der Waals surface area (Å²) in [7, 11) is 5.89. The van der Waals surface area contributed by atoms with E-state index in [0.29, 0.717) is 13.2 Å². The Balaban J connectivity index is 0.00000341. The molecule has 0 unspecified atom stereocenters. The molecule has 168 valence electrons. The number of para-hydroxylation sites is 1. The molecule has 2 aromatic carbocycles. The van der Waals surface area contributed by atoms with Gasteiger partial charge in [-0.3, -0.25) is 4.99 Å². The number of aromatic amines is 1. The third kappa shape index (κ3) is 7.43. The van der Waals surface area contributed by atoms with Crippen LogP contribution in [0.5, 0.6) is 5.75 Å². The lowest BCUT2D eigenvalue weighted by atomic mass is 10.1. The van der Waals surface area contributed by atoms with Gasteiger partial charge in [-0.25, -0.2) is 0 Å². The van der Waals surface area contributed by atoms with Crippen molar-refractivity contribution in [2.75, 3.05) is 40.8 Å². The van der Waals surface area contributed by atoms with Gasteiger partial charge in [-0.15, -0.1) is 24.0 Å². The predicted molar refractivity (Wildman–Crippen MR) is 141 cm³/mol. The molecule has 0 fully saturated rings. The van der Waals surface area contributed by atoms with Gasteiger partial charge in [0.25, 0.3) is 0 Å². The lowest BCUT2D eigenvalue weighted by Gasteiger charge is -2.16. The van der Waals surface area contributed by atoms with Gasteiger partial charge in [0, 0.05) is 49.3 Å². The van der Waals surface area contributed by atoms with Crippen molar-refractivity contribution >= 4 is 40.8 Å². The number of aromatic nitrogens is 1. The molecule has 6 nitrogen and oxygen atoms in total. The molecule has 0 bridgehead atoms. The topological polar surface area (TPSA) is 64.7 Å². The Bertz CT molecular complexity index is 983. The van der Waals surface area contributed by atoms with Gasteiger partial charge in [-0.05, 0) is 50.7 Å². The van der Waals surface area contributed by atoms with Crippen LogP contribution in [-0.2, 0) is 13.0 Å². The van der Waals surface area contributed by atoms with Gasteiger partial charge in [-0.2, -0.15) is 0 Å². The Morgan fingerprint density at radius 2 is 1.90 bits per heavy atom. The van der Waals surface area contributed by atoms with Crippen LogP contribution in [0.3, 0.4) is 0 Å². The first-order chi connectivity index (χ1) is 14.6. The van der Waals surface area contributed by atoms with Crippen molar-refractivity contribution in [3.8, 4) is 5.75 Å². The van der Waals surface area contributed by atoms with Crippen molar-refractivity contribution in [2.24, 2.45) is 4.99 Å². The van der Waals surface area contributed by atoms with Gasteiger partial charge < -0.3 is 25.3 Å². The van der Waals surface area contributed by atoms with Crippen LogP contribution in [-0.4, -0.2) is 56.7 Å². The number of benzene rings is 2. The number of guanidine groups is 1. The van der Waals surface area contributed by atoms with Crippen LogP contribution in [0.15, 0.2) is 53.7 Å². The smallest absolute Gasteiger partial charge is 0.191 e. The highest BCUT2D eigenvalue weighted by Gasteiger charge is 2.07. The van der Waals surface area contributed by atoms with E-state index in [1.807, 2.05) is 32.3 Å². The van der Waals surface area contributed by atoms with Crippen LogP contribution >= 0.6 is 24.0 Å². The number of hydrogen-bond donors (Lipinski definition) is 3. The fraction of sp³-hybridized carbons (Fsp3) is 0.375. The first-order valence-corrected chi connectivity index (χ1v) is 10.4. The first kappa shape index (κ1) is 25.0. The SMILES string of the molecule is CN=C(NCCc1c[nH]c2cc(C)ccc12)NCc1ccccc1OCCN(C)C.I. The van der Waals surface area contributed by atoms with Crippen molar-refractivity contribution in [3.63, 3.8) is 0 Å². The number of aryl methyl sites for hydroxylation is 1. The molecule has 0 aliphatic rings. The van der Waals surface area contributed by atoms with E-state index in [4.69, 9.17) is 4.74 Å². The Morgan fingerprint density at radius 1 is 1.10 bits per heavy atom. The zero-order valence-corrected chi connectivity index (χ0v) is 21.2. The van der Waals surface area contributed by atoms with Gasteiger partial charge in [0.15, 0.2) is 5.96 Å². The second-order valence-corrected chi connectivity index (χ2v) is 7.72. The molecule has 0 atom stereocenters. The summed E-state index contributed by atoms with van der Waals surface area (Å²) >= 11 is 0. The van der Waals surface area contributed by atoms with Crippen molar-refractivity contribution in [2.45, 2.75) is 19.9 Å². The Hall–Kier alpha value is -2.26. The molecule has 0 saturated heterocycles. The third-order valence-corrected chi connectivity index (χ3v) is 5.05. The normalized spacial score (nSPS) is 11.5. The van der Waals surface area contributed by atoms with Crippen molar-refractivity contribution in [1.82, 2.24) is 20.5 Å². The van der Waals surface area contributed by atoms with Gasteiger partial charge in [-0.1, -0.05) is 30.3 Å². The van der Waals surface area contributed by atoms with Gasteiger partial charge in [0.1, 0.15) is 12.4 Å². The van der Waals surface area contributed by atoms with Gasteiger partial charge in [0.05, 0.1) is 0 Å². The maximum Gasteiger partial charge on any atom is 0.191 e. The molecule has 0 amide bonds. The van der Waals surface area contributed by atoms with E-state index in [1.54, 1.807) is 7.05 Å². The molecule has 31 heavy (non-hydrogen) atoms. The standard InChI is InChI=1S/C24H33N5O.HI/c1-18-9-10-21-19(16-27-22(21)15-18)11-12-26-24(25-2)28-17-20-7-5-6-8-23(20)30-14-13-29(3)4;/h5-10,15-16,27H,11-14,17H2,1-4H3,(H2,25,26,28);1H. The van der Waals surface area contributed by atoms with Crippen LogP contribution in [0.4, 0.5) is 0 Å². The number of H-pyrrole nitrogens is 1. The number of hydrogen-bond acceptors (Lipinski definition) is 3. The number of aliphatic imine (C=N–C) groups is 1. The molecule has 0 saturated carbocycles. The maximum absolute atomic E-state index is 5.95. The van der Waals surface area contributed by atoms with Crippen molar-refractivity contribution in [3.05, 3.63) is 65.4 Å². The quantitative estimate of drug-likeness (QED) is 0.221. The second kappa shape index (κ2) is 12.6. The minimum absolute atomic E-state index is 0. The summed E-state index contributed by atoms with van der Waals surface area (Å²) in [5.41, 5.74) is 4.89. The van der Waals surface area contributed by atoms with Crippen LogP contribution < -0.4 is 15.4 Å². The highest BCUT2D eigenvalue weighted by atomic mass is 127. The maximum atomic E-state index is 5.95. The van der Waals surface area contributed by atoms with E-state index in [-0.39, 0.29) is 24.0 Å². The summed E-state index contributed by atoms with van der Waals surface area (Å²) in [6, 6.07) is 14.7. The molecule has 3 N–H and O–H groups in total. The monoisotopic (exact) mass is 535 g/mol. The lowest BCUT2D eigenvalue weighted by Crippen LogP contribution is -2.37. The Morgan fingerprint density at radius 3 is 2.68 bits per heavy atom. The largest absolute Gasteiger partial charge is 0.492 e. The van der Waals surface area contributed by atoms with Crippen LogP contribution in [0.25, 0.3) is 10.9 Å². The average Bonchev–Trinajstić information content (AvgIpc) is 3.13. The molecule has 0 aliphatic heterocycles. The molecule has 7 heteroatoms. The average molecular weight is 535 g/mol. The number of rotatable bonds is 9. The van der Waals surface area contributed by atoms with E-state index in [2.05, 4.69) is 62.9 Å². The highest BCUT2D eigenvalue weighted by Crippen LogP contribution is 2.20. The second-order valence-electron chi connectivity index (χ2n) is 7.72. The molecule has 3 aromatic rings. The van der Waals surface area contributed by atoms with Gasteiger partial charge in [0.2, 0.25) is 0 Å². The summed E-state index contributed by atoms with van der Waals surface area (Å²) in [5.74, 6) is 1.70. The van der Waals surface area contributed by atoms with Crippen LogP contribution in [0.2, 0.25) is 0 Å². The minimum Gasteiger partial charge on any atom is -0.492 e. The minimum atomic E-state index is 0. The Kier molecular flexibility index (Phi) is 10.1. The van der Waals surface area contributed by atoms with E-state index in [1.165, 1.54) is 22.0 Å². The number of nitrogens with zero attached hydrogens (tertiary/aromatic N) is 2. The third-order valence-electron chi connectivity index (χ3n) is 5.05. The van der Waals surface area contributed by atoms with Crippen LogP contribution in [0, 0.1) is 6.92 Å². The predicted octanol–water partition coefficient (Wildman–Crippen LogP) is 3.94. The molecule has 3 rings (SSSR count). The zero-order valence-electron chi connectivity index (χ0n) is 18.9. The molecule has 0 radical (unpaired) electrons. The number of fused-ring (bicyclic) bond motifs is 1. The summed E-state index contributed by atoms with van der Waals surface area (Å²) in [5, 5.41) is 8.09. The number of ether oxygens (including phenoxy) is 1. The van der Waals surface area contributed by atoms with E-state index in [0.717, 1.165) is 36.8 Å².